The minimum absolute atomic E-state index is 0. The van der Waals surface area contributed by atoms with Gasteiger partial charge in [-0.2, -0.15) is 0 Å². The van der Waals surface area contributed by atoms with Gasteiger partial charge in [-0.15, -0.1) is 11.6 Å². The van der Waals surface area contributed by atoms with Crippen molar-refractivity contribution >= 4 is 11.6 Å². The summed E-state index contributed by atoms with van der Waals surface area (Å²) in [6.07, 6.45) is 12.8. The minimum atomic E-state index is 0. The van der Waals surface area contributed by atoms with Gasteiger partial charge in [0.2, 0.25) is 12.4 Å². The van der Waals surface area contributed by atoms with Gasteiger partial charge in [-0.1, -0.05) is 45.1 Å². The van der Waals surface area contributed by atoms with Crippen LogP contribution in [0.4, 0.5) is 0 Å². The van der Waals surface area contributed by atoms with Crippen molar-refractivity contribution in [1.82, 2.24) is 0 Å². The van der Waals surface area contributed by atoms with Crippen molar-refractivity contribution in [3.63, 3.8) is 0 Å². The van der Waals surface area contributed by atoms with Gasteiger partial charge in [0.25, 0.3) is 0 Å². The Bertz CT molecular complexity index is 297. The van der Waals surface area contributed by atoms with E-state index < -0.39 is 0 Å². The van der Waals surface area contributed by atoms with E-state index in [0.29, 0.717) is 5.88 Å². The molecule has 0 aliphatic carbocycles. The average molecular weight is 398 g/mol. The van der Waals surface area contributed by atoms with Crippen LogP contribution in [0.5, 0.6) is 0 Å². The standard InChI is InChI=1S/C15H25ClNO.HI/c1-2-3-4-5-6-8-11-15(14-16)18-17-12-9-7-10-13-17;/h7,9-10,12-13,15H,2-6,8,11,14H2,1H3;1H/q+1;/p-1. The maximum Gasteiger partial charge on any atom is 0.222 e. The Balaban J connectivity index is 0.00000324. The highest BCUT2D eigenvalue weighted by Gasteiger charge is 2.13. The largest absolute Gasteiger partial charge is 1.00 e. The third-order valence-corrected chi connectivity index (χ3v) is 3.35. The van der Waals surface area contributed by atoms with E-state index in [-0.39, 0.29) is 30.1 Å². The average Bonchev–Trinajstić information content (AvgIpc) is 2.42. The third-order valence-electron chi connectivity index (χ3n) is 3.01. The van der Waals surface area contributed by atoms with Gasteiger partial charge in [0.15, 0.2) is 6.10 Å². The molecule has 0 aliphatic rings. The quantitative estimate of drug-likeness (QED) is 0.246. The lowest BCUT2D eigenvalue weighted by molar-refractivity contribution is -0.898. The van der Waals surface area contributed by atoms with Crippen molar-refractivity contribution < 1.29 is 33.5 Å². The first kappa shape index (κ1) is 19.0. The van der Waals surface area contributed by atoms with E-state index in [4.69, 9.17) is 16.4 Å². The molecule has 0 aromatic carbocycles. The SMILES string of the molecule is CCCCCCCCC(CCl)O[n+]1ccccc1.[I-]. The van der Waals surface area contributed by atoms with Crippen molar-refractivity contribution in [2.45, 2.75) is 58.0 Å². The van der Waals surface area contributed by atoms with Crippen molar-refractivity contribution in [2.75, 3.05) is 5.88 Å². The van der Waals surface area contributed by atoms with Gasteiger partial charge in [0.05, 0.1) is 5.88 Å². The molecular formula is C15H25ClINO. The Morgan fingerprint density at radius 3 is 2.26 bits per heavy atom. The van der Waals surface area contributed by atoms with Crippen LogP contribution < -0.4 is 33.5 Å². The normalized spacial score (nSPS) is 11.7. The summed E-state index contributed by atoms with van der Waals surface area (Å²) < 4.78 is 1.74. The van der Waals surface area contributed by atoms with Gasteiger partial charge in [-0.05, 0) is 12.8 Å². The molecule has 1 atom stereocenters. The lowest BCUT2D eigenvalue weighted by Gasteiger charge is -2.10. The van der Waals surface area contributed by atoms with Crippen molar-refractivity contribution in [2.24, 2.45) is 0 Å². The summed E-state index contributed by atoms with van der Waals surface area (Å²) in [5.41, 5.74) is 0. The van der Waals surface area contributed by atoms with Crippen LogP contribution in [0.3, 0.4) is 0 Å². The minimum Gasteiger partial charge on any atom is -1.00 e. The first-order valence-electron chi connectivity index (χ1n) is 7.06. The van der Waals surface area contributed by atoms with Crippen LogP contribution in [0.25, 0.3) is 0 Å². The first-order chi connectivity index (χ1) is 8.86. The van der Waals surface area contributed by atoms with Crippen LogP contribution in [0.15, 0.2) is 30.6 Å². The second-order valence-corrected chi connectivity index (χ2v) is 4.98. The van der Waals surface area contributed by atoms with Crippen molar-refractivity contribution in [3.05, 3.63) is 30.6 Å². The molecule has 0 saturated heterocycles. The second-order valence-electron chi connectivity index (χ2n) is 4.67. The number of pyridine rings is 1. The summed E-state index contributed by atoms with van der Waals surface area (Å²) in [5, 5.41) is 0. The van der Waals surface area contributed by atoms with Gasteiger partial charge in [0, 0.05) is 16.9 Å². The molecule has 1 heterocycles. The molecule has 0 spiro atoms. The number of hydrogen-bond acceptors (Lipinski definition) is 1. The first-order valence-corrected chi connectivity index (χ1v) is 7.59. The number of hydrogen-bond donors (Lipinski definition) is 0. The molecule has 4 heteroatoms. The Morgan fingerprint density at radius 1 is 1.00 bits per heavy atom. The molecular weight excluding hydrogens is 373 g/mol. The van der Waals surface area contributed by atoms with Crippen LogP contribution in [0.1, 0.15) is 51.9 Å². The topological polar surface area (TPSA) is 13.1 Å². The van der Waals surface area contributed by atoms with Gasteiger partial charge in [-0.3, -0.25) is 4.84 Å². The Morgan fingerprint density at radius 2 is 1.63 bits per heavy atom. The smallest absolute Gasteiger partial charge is 0.222 e. The third kappa shape index (κ3) is 9.50. The molecule has 110 valence electrons. The summed E-state index contributed by atoms with van der Waals surface area (Å²) in [4.78, 5) is 5.78. The number of rotatable bonds is 10. The van der Waals surface area contributed by atoms with Crippen LogP contribution in [-0.2, 0) is 0 Å². The van der Waals surface area contributed by atoms with Crippen molar-refractivity contribution in [3.8, 4) is 0 Å². The second kappa shape index (κ2) is 13.0. The maximum atomic E-state index is 5.94. The molecule has 1 rings (SSSR count). The fourth-order valence-electron chi connectivity index (χ4n) is 1.94. The van der Waals surface area contributed by atoms with Gasteiger partial charge in [0.1, 0.15) is 0 Å². The number of halogens is 2. The molecule has 1 aromatic heterocycles. The van der Waals surface area contributed by atoms with E-state index in [1.807, 2.05) is 30.6 Å². The van der Waals surface area contributed by atoms with Gasteiger partial charge >= 0.3 is 0 Å². The summed E-state index contributed by atoms with van der Waals surface area (Å²) in [6.45, 7) is 2.24. The summed E-state index contributed by atoms with van der Waals surface area (Å²) in [6, 6.07) is 5.88. The van der Waals surface area contributed by atoms with Crippen molar-refractivity contribution in [1.29, 1.82) is 0 Å². The highest BCUT2D eigenvalue weighted by molar-refractivity contribution is 6.18. The number of aromatic nitrogens is 1. The monoisotopic (exact) mass is 397 g/mol. The highest BCUT2D eigenvalue weighted by Crippen LogP contribution is 2.09. The molecule has 1 aromatic rings. The Hall–Kier alpha value is -0.0300. The summed E-state index contributed by atoms with van der Waals surface area (Å²) in [7, 11) is 0. The van der Waals surface area contributed by atoms with E-state index in [9.17, 15) is 0 Å². The zero-order chi connectivity index (χ0) is 13.1. The zero-order valence-electron chi connectivity index (χ0n) is 11.7. The molecule has 0 saturated carbocycles. The van der Waals surface area contributed by atoms with E-state index in [0.717, 1.165) is 6.42 Å². The Labute approximate surface area is 139 Å². The number of alkyl halides is 1. The molecule has 0 N–H and O–H groups in total. The van der Waals surface area contributed by atoms with E-state index in [1.54, 1.807) is 4.73 Å². The number of nitrogens with zero attached hydrogens (tertiary/aromatic N) is 1. The predicted octanol–water partition coefficient (Wildman–Crippen LogP) is 0.765. The fourth-order valence-corrected chi connectivity index (χ4v) is 2.15. The predicted molar refractivity (Wildman–Crippen MR) is 75.7 cm³/mol. The van der Waals surface area contributed by atoms with E-state index >= 15 is 0 Å². The Kier molecular flexibility index (Phi) is 13.0. The highest BCUT2D eigenvalue weighted by atomic mass is 127. The van der Waals surface area contributed by atoms with Crippen LogP contribution in [-0.4, -0.2) is 12.0 Å². The van der Waals surface area contributed by atoms with Gasteiger partial charge in [-0.25, -0.2) is 0 Å². The number of unbranched alkanes of at least 4 members (excludes halogenated alkanes) is 5. The fraction of sp³-hybridized carbons (Fsp3) is 0.667. The van der Waals surface area contributed by atoms with E-state index in [2.05, 4.69) is 6.92 Å². The summed E-state index contributed by atoms with van der Waals surface area (Å²) in [5.74, 6) is 0.552. The zero-order valence-corrected chi connectivity index (χ0v) is 14.6. The molecule has 0 aliphatic heterocycles. The molecule has 2 nitrogen and oxygen atoms in total. The summed E-state index contributed by atoms with van der Waals surface area (Å²) >= 11 is 5.94. The molecule has 0 bridgehead atoms. The molecule has 1 unspecified atom stereocenters. The lowest BCUT2D eigenvalue weighted by Crippen LogP contribution is -3.00. The lowest BCUT2D eigenvalue weighted by atomic mass is 10.1. The van der Waals surface area contributed by atoms with Crippen LogP contribution in [0, 0.1) is 0 Å². The van der Waals surface area contributed by atoms with Gasteiger partial charge < -0.3 is 24.0 Å². The molecule has 19 heavy (non-hydrogen) atoms. The van der Waals surface area contributed by atoms with Crippen LogP contribution in [0.2, 0.25) is 0 Å². The molecule has 0 amide bonds. The molecule has 0 fully saturated rings. The van der Waals surface area contributed by atoms with Crippen LogP contribution >= 0.6 is 11.6 Å². The molecule has 0 radical (unpaired) electrons. The maximum absolute atomic E-state index is 5.94. The van der Waals surface area contributed by atoms with E-state index in [1.165, 1.54) is 38.5 Å².